The van der Waals surface area contributed by atoms with Gasteiger partial charge in [0.2, 0.25) is 0 Å². The second-order valence-electron chi connectivity index (χ2n) is 6.82. The van der Waals surface area contributed by atoms with Crippen molar-refractivity contribution in [2.24, 2.45) is 5.92 Å². The fourth-order valence-corrected chi connectivity index (χ4v) is 7.25. The number of hydrogen-bond acceptors (Lipinski definition) is 0. The monoisotopic (exact) mass is 464 g/mol. The van der Waals surface area contributed by atoms with Gasteiger partial charge in [-0.15, -0.1) is 0 Å². The average Bonchev–Trinajstić information content (AvgIpc) is 2.62. The Labute approximate surface area is 165 Å². The first-order valence-corrected chi connectivity index (χ1v) is 10.5. The van der Waals surface area contributed by atoms with E-state index in [-0.39, 0.29) is 15.9 Å². The number of benzene rings is 2. The van der Waals surface area contributed by atoms with Crippen LogP contribution in [0.15, 0.2) is 60.7 Å². The Bertz CT molecular complexity index is 823. The summed E-state index contributed by atoms with van der Waals surface area (Å²) in [4.78, 5) is -0.105. The van der Waals surface area contributed by atoms with Crippen LogP contribution in [0.25, 0.3) is 0 Å². The molecule has 2 aromatic rings. The Morgan fingerprint density at radius 1 is 0.714 bits per heavy atom. The summed E-state index contributed by atoms with van der Waals surface area (Å²) in [5.41, 5.74) is -1.91. The Morgan fingerprint density at radius 2 is 1.14 bits per heavy atom. The van der Waals surface area contributed by atoms with Gasteiger partial charge in [-0.25, -0.2) is 0 Å². The fourth-order valence-electron chi connectivity index (χ4n) is 3.77. The van der Waals surface area contributed by atoms with Gasteiger partial charge in [0.1, 0.15) is 0 Å². The molecule has 1 heterocycles. The first kappa shape index (κ1) is 21.0. The van der Waals surface area contributed by atoms with Gasteiger partial charge in [-0.2, -0.15) is 0 Å². The van der Waals surface area contributed by atoms with E-state index < -0.39 is 48.7 Å². The minimum atomic E-state index is -4.66. The number of hydrogen-bond donors (Lipinski definition) is 0. The molecule has 0 saturated heterocycles. The summed E-state index contributed by atoms with van der Waals surface area (Å²) >= 11 is -0.566. The van der Waals surface area contributed by atoms with Gasteiger partial charge in [0.25, 0.3) is 0 Å². The molecule has 0 radical (unpaired) electrons. The van der Waals surface area contributed by atoms with Crippen molar-refractivity contribution in [3.8, 4) is 0 Å². The molecule has 1 aliphatic rings. The Kier molecular flexibility index (Phi) is 5.45. The summed E-state index contributed by atoms with van der Waals surface area (Å²) in [7, 11) is 0. The van der Waals surface area contributed by atoms with Gasteiger partial charge in [0, 0.05) is 0 Å². The molecule has 0 fully saturated rings. The van der Waals surface area contributed by atoms with Crippen LogP contribution in [0.4, 0.5) is 26.3 Å². The van der Waals surface area contributed by atoms with Crippen LogP contribution in [0.3, 0.4) is 0 Å². The summed E-state index contributed by atoms with van der Waals surface area (Å²) in [6.45, 7) is 3.54. The summed E-state index contributed by atoms with van der Waals surface area (Å²) in [6, 6.07) is 10.1. The van der Waals surface area contributed by atoms with Crippen molar-refractivity contribution in [2.45, 2.75) is 35.3 Å². The topological polar surface area (TPSA) is 0 Å². The summed E-state index contributed by atoms with van der Waals surface area (Å²) in [5, 5.41) is 0. The van der Waals surface area contributed by atoms with Crippen LogP contribution < -0.4 is 0 Å². The van der Waals surface area contributed by atoms with Gasteiger partial charge in [-0.3, -0.25) is 0 Å². The van der Waals surface area contributed by atoms with Crippen molar-refractivity contribution >= 4 is 15.0 Å². The summed E-state index contributed by atoms with van der Waals surface area (Å²) in [5.74, 6) is -0.518. The molecule has 0 N–H and O–H groups in total. The van der Waals surface area contributed by atoms with Gasteiger partial charge in [-0.1, -0.05) is 0 Å². The predicted octanol–water partition coefficient (Wildman–Crippen LogP) is 6.69. The maximum atomic E-state index is 13.8. The van der Waals surface area contributed by atoms with Crippen LogP contribution >= 0.6 is 0 Å². The first-order chi connectivity index (χ1) is 13.0. The van der Waals surface area contributed by atoms with E-state index in [1.165, 1.54) is 36.4 Å². The third kappa shape index (κ3) is 3.62. The number of rotatable bonds is 2. The molecule has 0 unspecified atom stereocenters. The van der Waals surface area contributed by atoms with Crippen molar-refractivity contribution in [3.63, 3.8) is 0 Å². The maximum absolute atomic E-state index is 13.8. The number of allylic oxidation sites excluding steroid dienone is 2. The number of alkyl halides is 6. The van der Waals surface area contributed by atoms with Crippen LogP contribution in [0, 0.1) is 5.92 Å². The van der Waals surface area contributed by atoms with E-state index in [4.69, 9.17) is 0 Å². The predicted molar refractivity (Wildman–Crippen MR) is 97.2 cm³/mol. The molecule has 28 heavy (non-hydrogen) atoms. The zero-order valence-electron chi connectivity index (χ0n) is 15.1. The second-order valence-corrected chi connectivity index (χ2v) is 10.2. The molecule has 0 saturated carbocycles. The molecule has 0 amide bonds. The third-order valence-corrected chi connectivity index (χ3v) is 8.54. The van der Waals surface area contributed by atoms with Crippen LogP contribution in [-0.2, 0) is 16.7 Å². The first-order valence-electron chi connectivity index (χ1n) is 8.67. The zero-order valence-corrected chi connectivity index (χ0v) is 16.8. The van der Waals surface area contributed by atoms with Crippen LogP contribution in [-0.4, -0.2) is 15.0 Å². The minimum absolute atomic E-state index is 0.0806. The van der Waals surface area contributed by atoms with Crippen molar-refractivity contribution in [1.82, 2.24) is 0 Å². The van der Waals surface area contributed by atoms with Crippen molar-refractivity contribution in [2.75, 3.05) is 0 Å². The standard InChI is InChI=1S/C21H18F6Se/c1-13-11-12-14(2)28-19(13,15-7-3-5-9-17(15)20(22,23)24)16-8-4-6-10-18(16)21(25,26)27/h3-14H,1-2H3/t13-,14-/m0/s1. The number of halogens is 6. The van der Waals surface area contributed by atoms with Crippen molar-refractivity contribution in [3.05, 3.63) is 82.9 Å². The molecule has 3 rings (SSSR count). The molecule has 2 atom stereocenters. The van der Waals surface area contributed by atoms with E-state index in [0.717, 1.165) is 12.1 Å². The zero-order chi connectivity index (χ0) is 20.7. The Balaban J connectivity index is 2.41. The normalized spacial score (nSPS) is 22.3. The van der Waals surface area contributed by atoms with Gasteiger partial charge < -0.3 is 0 Å². The average molecular weight is 463 g/mol. The van der Waals surface area contributed by atoms with Crippen LogP contribution in [0.1, 0.15) is 36.1 Å². The van der Waals surface area contributed by atoms with E-state index >= 15 is 0 Å². The Morgan fingerprint density at radius 3 is 1.57 bits per heavy atom. The molecule has 2 aromatic carbocycles. The fraction of sp³-hybridized carbons (Fsp3) is 0.333. The van der Waals surface area contributed by atoms with Crippen molar-refractivity contribution in [1.29, 1.82) is 0 Å². The van der Waals surface area contributed by atoms with Crippen LogP contribution in [0.2, 0.25) is 4.82 Å². The molecular formula is C21H18F6Se. The van der Waals surface area contributed by atoms with Gasteiger partial charge in [0.05, 0.1) is 0 Å². The molecule has 7 heteroatoms. The molecule has 0 aliphatic carbocycles. The SMILES string of the molecule is C[C@H]1C=C[C@H](C)C(c2ccccc2C(F)(F)F)(c2ccccc2C(F)(F)F)[Se]1. The molecule has 150 valence electrons. The van der Waals surface area contributed by atoms with E-state index in [0.29, 0.717) is 0 Å². The van der Waals surface area contributed by atoms with Gasteiger partial charge in [-0.05, 0) is 0 Å². The molecule has 0 aromatic heterocycles. The molecular weight excluding hydrogens is 445 g/mol. The second kappa shape index (κ2) is 7.27. The molecule has 0 spiro atoms. The summed E-state index contributed by atoms with van der Waals surface area (Å²) < 4.78 is 81.5. The van der Waals surface area contributed by atoms with Gasteiger partial charge >= 0.3 is 165 Å². The van der Waals surface area contributed by atoms with E-state index in [9.17, 15) is 26.3 Å². The van der Waals surface area contributed by atoms with Crippen LogP contribution in [0.5, 0.6) is 0 Å². The van der Waals surface area contributed by atoms with E-state index in [2.05, 4.69) is 0 Å². The Hall–Kier alpha value is -1.72. The van der Waals surface area contributed by atoms with E-state index in [1.807, 2.05) is 13.0 Å². The van der Waals surface area contributed by atoms with E-state index in [1.54, 1.807) is 13.0 Å². The van der Waals surface area contributed by atoms with Crippen molar-refractivity contribution < 1.29 is 26.3 Å². The molecule has 0 bridgehead atoms. The van der Waals surface area contributed by atoms with Gasteiger partial charge in [0.15, 0.2) is 0 Å². The molecule has 0 nitrogen and oxygen atoms in total. The summed E-state index contributed by atoms with van der Waals surface area (Å²) in [6.07, 6.45) is -5.68. The third-order valence-electron chi connectivity index (χ3n) is 4.95. The molecule has 1 aliphatic heterocycles. The quantitative estimate of drug-likeness (QED) is 0.265.